The minimum Gasteiger partial charge on any atom is -0.431 e. The number of hydrogen-bond acceptors (Lipinski definition) is 3. The van der Waals surface area contributed by atoms with E-state index in [0.717, 1.165) is 37.9 Å². The lowest BCUT2D eigenvalue weighted by Crippen LogP contribution is -2.52. The Morgan fingerprint density at radius 3 is 2.60 bits per heavy atom. The molecule has 4 aliphatic rings. The van der Waals surface area contributed by atoms with Crippen LogP contribution in [-0.2, 0) is 14.3 Å². The third-order valence-corrected chi connectivity index (χ3v) is 8.39. The molecule has 136 valence electrons. The fraction of sp³-hybridized carbons (Fsp3) is 0.727. The number of hydrogen-bond donors (Lipinski definition) is 0. The summed E-state index contributed by atoms with van der Waals surface area (Å²) in [5.41, 5.74) is 1.49. The Morgan fingerprint density at radius 2 is 1.88 bits per heavy atom. The minimum atomic E-state index is -0.233. The lowest BCUT2D eigenvalue weighted by atomic mass is 9.46. The van der Waals surface area contributed by atoms with Gasteiger partial charge in [0.15, 0.2) is 0 Å². The van der Waals surface area contributed by atoms with Gasteiger partial charge in [-0.15, -0.1) is 0 Å². The van der Waals surface area contributed by atoms with Gasteiger partial charge in [0.1, 0.15) is 11.5 Å². The van der Waals surface area contributed by atoms with Crippen molar-refractivity contribution in [3.63, 3.8) is 0 Å². The van der Waals surface area contributed by atoms with Crippen molar-refractivity contribution in [2.24, 2.45) is 34.5 Å². The number of carbonyl (C=O) groups is 2. The quantitative estimate of drug-likeness (QED) is 0.642. The third-order valence-electron chi connectivity index (χ3n) is 8.39. The van der Waals surface area contributed by atoms with Gasteiger partial charge in [0.25, 0.3) is 0 Å². The highest BCUT2D eigenvalue weighted by Gasteiger charge is 2.60. The van der Waals surface area contributed by atoms with Crippen LogP contribution in [0.3, 0.4) is 0 Å². The van der Waals surface area contributed by atoms with E-state index in [1.807, 2.05) is 6.08 Å². The molecule has 0 aromatic heterocycles. The van der Waals surface area contributed by atoms with E-state index >= 15 is 0 Å². The first-order chi connectivity index (χ1) is 11.8. The predicted molar refractivity (Wildman–Crippen MR) is 96.5 cm³/mol. The highest BCUT2D eigenvalue weighted by atomic mass is 16.5. The van der Waals surface area contributed by atoms with Crippen molar-refractivity contribution in [2.75, 3.05) is 0 Å². The van der Waals surface area contributed by atoms with Crippen molar-refractivity contribution in [1.82, 2.24) is 0 Å². The van der Waals surface area contributed by atoms with Crippen LogP contribution < -0.4 is 0 Å². The van der Waals surface area contributed by atoms with Crippen LogP contribution in [-0.4, -0.2) is 11.8 Å². The van der Waals surface area contributed by atoms with Gasteiger partial charge in [0, 0.05) is 30.1 Å². The van der Waals surface area contributed by atoms with Crippen LogP contribution in [0.25, 0.3) is 0 Å². The summed E-state index contributed by atoms with van der Waals surface area (Å²) in [5, 5.41) is 0. The van der Waals surface area contributed by atoms with Gasteiger partial charge in [0.2, 0.25) is 0 Å². The van der Waals surface area contributed by atoms with Gasteiger partial charge < -0.3 is 4.74 Å². The molecule has 0 amide bonds. The lowest BCUT2D eigenvalue weighted by molar-refractivity contribution is -0.140. The molecule has 0 aromatic rings. The molecule has 3 heteroatoms. The molecule has 0 aromatic carbocycles. The predicted octanol–water partition coefficient (Wildman–Crippen LogP) is 4.82. The van der Waals surface area contributed by atoms with Crippen molar-refractivity contribution in [3.05, 3.63) is 23.5 Å². The molecule has 3 fully saturated rings. The number of ketones is 1. The first-order valence-corrected chi connectivity index (χ1v) is 9.91. The third kappa shape index (κ3) is 2.23. The zero-order valence-electron chi connectivity index (χ0n) is 15.9. The number of esters is 1. The van der Waals surface area contributed by atoms with E-state index in [4.69, 9.17) is 4.74 Å². The molecule has 0 unspecified atom stereocenters. The average molecular weight is 342 g/mol. The normalized spacial score (nSPS) is 45.7. The van der Waals surface area contributed by atoms with Gasteiger partial charge in [-0.3, -0.25) is 9.59 Å². The van der Waals surface area contributed by atoms with Gasteiger partial charge >= 0.3 is 5.97 Å². The second kappa shape index (κ2) is 5.56. The smallest absolute Gasteiger partial charge is 0.307 e. The van der Waals surface area contributed by atoms with Crippen LogP contribution in [0, 0.1) is 34.5 Å². The maximum atomic E-state index is 12.5. The van der Waals surface area contributed by atoms with Gasteiger partial charge in [-0.2, -0.15) is 0 Å². The van der Waals surface area contributed by atoms with E-state index < -0.39 is 0 Å². The fourth-order valence-corrected chi connectivity index (χ4v) is 6.81. The van der Waals surface area contributed by atoms with Crippen molar-refractivity contribution in [1.29, 1.82) is 0 Å². The topological polar surface area (TPSA) is 43.4 Å². The molecule has 3 saturated carbocycles. The Kier molecular flexibility index (Phi) is 3.79. The fourth-order valence-electron chi connectivity index (χ4n) is 6.81. The monoisotopic (exact) mass is 342 g/mol. The molecule has 0 spiro atoms. The lowest BCUT2D eigenvalue weighted by Gasteiger charge is -2.58. The summed E-state index contributed by atoms with van der Waals surface area (Å²) in [6, 6.07) is 0. The van der Waals surface area contributed by atoms with Crippen LogP contribution in [0.2, 0.25) is 0 Å². The van der Waals surface area contributed by atoms with Crippen molar-refractivity contribution in [2.45, 2.75) is 66.2 Å². The number of fused-ring (bicyclic) bond motifs is 5. The van der Waals surface area contributed by atoms with E-state index in [1.54, 1.807) is 0 Å². The van der Waals surface area contributed by atoms with Crippen LogP contribution >= 0.6 is 0 Å². The molecule has 25 heavy (non-hydrogen) atoms. The Labute approximate surface area is 150 Å². The molecule has 0 aliphatic heterocycles. The van der Waals surface area contributed by atoms with Crippen LogP contribution in [0.1, 0.15) is 66.2 Å². The van der Waals surface area contributed by atoms with E-state index in [9.17, 15) is 9.59 Å². The van der Waals surface area contributed by atoms with E-state index in [1.165, 1.54) is 18.9 Å². The molecule has 0 N–H and O–H groups in total. The molecule has 0 saturated heterocycles. The molecular formula is C22H30O3. The Balaban J connectivity index is 1.69. The molecule has 6 atom stereocenters. The van der Waals surface area contributed by atoms with E-state index in [2.05, 4.69) is 26.8 Å². The van der Waals surface area contributed by atoms with Gasteiger partial charge in [-0.25, -0.2) is 0 Å². The molecule has 0 heterocycles. The Morgan fingerprint density at radius 1 is 1.12 bits per heavy atom. The zero-order chi connectivity index (χ0) is 18.0. The maximum absolute atomic E-state index is 12.5. The van der Waals surface area contributed by atoms with Crippen molar-refractivity contribution >= 4 is 11.8 Å². The average Bonchev–Trinajstić information content (AvgIpc) is 2.86. The first kappa shape index (κ1) is 17.1. The van der Waals surface area contributed by atoms with Crippen molar-refractivity contribution in [3.8, 4) is 0 Å². The summed E-state index contributed by atoms with van der Waals surface area (Å²) in [6.45, 7) is 8.31. The Bertz CT molecular complexity index is 687. The number of allylic oxidation sites excluding steroid dienone is 4. The summed E-state index contributed by atoms with van der Waals surface area (Å²) >= 11 is 0. The standard InChI is InChI=1S/C22H30O3/c1-13-19(25-14(2)23)9-6-15-5-7-16-17-8-10-20(24)21(17,3)12-11-18(16)22(13,15)4/h6,9,13,16-18H,5,7-8,10-12H2,1-4H3/t13-,16-,17-,18-,21-,22-/m0/s1. The molecule has 4 rings (SSSR count). The number of ether oxygens (including phenoxy) is 1. The highest BCUT2D eigenvalue weighted by Crippen LogP contribution is 2.65. The van der Waals surface area contributed by atoms with Crippen LogP contribution in [0.5, 0.6) is 0 Å². The van der Waals surface area contributed by atoms with E-state index in [0.29, 0.717) is 23.5 Å². The number of rotatable bonds is 1. The number of carbonyl (C=O) groups excluding carboxylic acids is 2. The summed E-state index contributed by atoms with van der Waals surface area (Å²) in [7, 11) is 0. The summed E-state index contributed by atoms with van der Waals surface area (Å²) in [6.07, 6.45) is 10.5. The van der Waals surface area contributed by atoms with Gasteiger partial charge in [-0.1, -0.05) is 32.4 Å². The summed E-state index contributed by atoms with van der Waals surface area (Å²) in [4.78, 5) is 24.0. The van der Waals surface area contributed by atoms with Crippen LogP contribution in [0.15, 0.2) is 23.5 Å². The largest absolute Gasteiger partial charge is 0.431 e. The molecule has 0 radical (unpaired) electrons. The van der Waals surface area contributed by atoms with Gasteiger partial charge in [0.05, 0.1) is 0 Å². The number of Topliss-reactive ketones (excluding diaryl/α,β-unsaturated/α-hetero) is 1. The molecule has 4 aliphatic carbocycles. The molecule has 0 bridgehead atoms. The SMILES string of the molecule is CC(=O)OC1=CC=C2CC[C@@H]3[C@H](CC[C@]4(C)C(=O)CC[C@@H]34)[C@@]2(C)[C@H]1C. The second-order valence-corrected chi connectivity index (χ2v) is 9.19. The van der Waals surface area contributed by atoms with Crippen molar-refractivity contribution < 1.29 is 14.3 Å². The summed E-state index contributed by atoms with van der Waals surface area (Å²) in [5.74, 6) is 3.06. The Hall–Kier alpha value is -1.38. The first-order valence-electron chi connectivity index (χ1n) is 9.91. The van der Waals surface area contributed by atoms with Gasteiger partial charge in [-0.05, 0) is 55.9 Å². The zero-order valence-corrected chi connectivity index (χ0v) is 15.9. The second-order valence-electron chi connectivity index (χ2n) is 9.19. The molecular weight excluding hydrogens is 312 g/mol. The maximum Gasteiger partial charge on any atom is 0.307 e. The van der Waals surface area contributed by atoms with Crippen LogP contribution in [0.4, 0.5) is 0 Å². The molecule has 3 nitrogen and oxygen atoms in total. The summed E-state index contributed by atoms with van der Waals surface area (Å²) < 4.78 is 5.54. The highest BCUT2D eigenvalue weighted by molar-refractivity contribution is 5.87. The minimum absolute atomic E-state index is 0.0510. The van der Waals surface area contributed by atoms with E-state index in [-0.39, 0.29) is 22.7 Å².